The quantitative estimate of drug-likeness (QED) is 0.596. The first-order valence-electron chi connectivity index (χ1n) is 7.14. The van der Waals surface area contributed by atoms with Gasteiger partial charge in [-0.05, 0) is 44.9 Å². The Labute approximate surface area is 104 Å². The van der Waals surface area contributed by atoms with E-state index in [-0.39, 0.29) is 24.1 Å². The molecule has 3 heteroatoms. The summed E-state index contributed by atoms with van der Waals surface area (Å²) in [7, 11) is 0. The number of carbonyl (C=O) groups excluding carboxylic acids is 1. The zero-order valence-electron chi connectivity index (χ0n) is 10.6. The molecule has 98 valence electrons. The number of aliphatic hydroxyl groups excluding tert-OH is 1. The van der Waals surface area contributed by atoms with Gasteiger partial charge < -0.3 is 9.84 Å². The number of carbonyl (C=O) groups is 1. The van der Waals surface area contributed by atoms with Gasteiger partial charge in [-0.15, -0.1) is 0 Å². The second-order valence-corrected chi connectivity index (χ2v) is 5.57. The fraction of sp³-hybridized carbons (Fsp3) is 0.929. The summed E-state index contributed by atoms with van der Waals surface area (Å²) in [6, 6.07) is 0. The normalized spacial score (nSPS) is 31.8. The largest absolute Gasteiger partial charge is 0.462 e. The van der Waals surface area contributed by atoms with E-state index in [4.69, 9.17) is 4.74 Å². The van der Waals surface area contributed by atoms with Gasteiger partial charge in [0.15, 0.2) is 0 Å². The van der Waals surface area contributed by atoms with Crippen LogP contribution in [0.2, 0.25) is 0 Å². The molecule has 0 aromatic rings. The van der Waals surface area contributed by atoms with Crippen LogP contribution in [0.5, 0.6) is 0 Å². The van der Waals surface area contributed by atoms with Crippen LogP contribution in [0.25, 0.3) is 0 Å². The van der Waals surface area contributed by atoms with E-state index in [0.717, 1.165) is 38.5 Å². The van der Waals surface area contributed by atoms with Crippen LogP contribution in [-0.4, -0.2) is 23.3 Å². The van der Waals surface area contributed by atoms with Gasteiger partial charge in [0.25, 0.3) is 0 Å². The summed E-state index contributed by atoms with van der Waals surface area (Å²) in [4.78, 5) is 12.0. The number of hydrogen-bond acceptors (Lipinski definition) is 3. The Balaban J connectivity index is 1.80. The van der Waals surface area contributed by atoms with Gasteiger partial charge in [0.05, 0.1) is 12.0 Å². The molecule has 0 heterocycles. The topological polar surface area (TPSA) is 46.5 Å². The highest BCUT2D eigenvalue weighted by Gasteiger charge is 2.28. The van der Waals surface area contributed by atoms with Crippen molar-refractivity contribution >= 4 is 5.97 Å². The minimum atomic E-state index is -0.304. The van der Waals surface area contributed by atoms with Crippen molar-refractivity contribution in [2.24, 2.45) is 5.92 Å². The molecule has 2 aliphatic rings. The molecule has 0 saturated heterocycles. The number of esters is 1. The predicted molar refractivity (Wildman–Crippen MR) is 65.5 cm³/mol. The molecule has 17 heavy (non-hydrogen) atoms. The molecule has 0 radical (unpaired) electrons. The molecular weight excluding hydrogens is 216 g/mol. The summed E-state index contributed by atoms with van der Waals surface area (Å²) in [5.41, 5.74) is 0. The molecule has 2 saturated carbocycles. The van der Waals surface area contributed by atoms with Crippen molar-refractivity contribution in [1.82, 2.24) is 0 Å². The molecule has 2 rings (SSSR count). The predicted octanol–water partition coefficient (Wildman–Crippen LogP) is 2.80. The summed E-state index contributed by atoms with van der Waals surface area (Å²) >= 11 is 0. The van der Waals surface area contributed by atoms with E-state index in [9.17, 15) is 9.90 Å². The van der Waals surface area contributed by atoms with Gasteiger partial charge in [0.1, 0.15) is 6.10 Å². The lowest BCUT2D eigenvalue weighted by molar-refractivity contribution is -0.156. The zero-order chi connectivity index (χ0) is 12.1. The Morgan fingerprint density at radius 1 is 0.941 bits per heavy atom. The van der Waals surface area contributed by atoms with Crippen molar-refractivity contribution in [1.29, 1.82) is 0 Å². The van der Waals surface area contributed by atoms with Crippen LogP contribution in [0.1, 0.15) is 64.2 Å². The van der Waals surface area contributed by atoms with Gasteiger partial charge in [-0.1, -0.05) is 19.3 Å². The van der Waals surface area contributed by atoms with Gasteiger partial charge in [-0.3, -0.25) is 4.79 Å². The zero-order valence-corrected chi connectivity index (χ0v) is 10.6. The van der Waals surface area contributed by atoms with Crippen LogP contribution in [0.15, 0.2) is 0 Å². The lowest BCUT2D eigenvalue weighted by Gasteiger charge is -2.24. The van der Waals surface area contributed by atoms with Gasteiger partial charge in [-0.25, -0.2) is 0 Å². The first-order valence-corrected chi connectivity index (χ1v) is 7.14. The maximum atomic E-state index is 12.0. The fourth-order valence-corrected chi connectivity index (χ4v) is 2.99. The number of hydrogen-bond donors (Lipinski definition) is 1. The maximum absolute atomic E-state index is 12.0. The third kappa shape index (κ3) is 3.98. The average Bonchev–Trinajstić information content (AvgIpc) is 2.55. The summed E-state index contributed by atoms with van der Waals surface area (Å²) in [6.45, 7) is 0. The Morgan fingerprint density at radius 2 is 1.59 bits per heavy atom. The molecule has 0 aromatic heterocycles. The van der Waals surface area contributed by atoms with Gasteiger partial charge >= 0.3 is 5.97 Å². The molecule has 2 atom stereocenters. The molecule has 0 amide bonds. The highest BCUT2D eigenvalue weighted by Crippen LogP contribution is 2.27. The number of rotatable bonds is 2. The standard InChI is InChI=1S/C14H24O3/c15-12-7-5-4-6-11(10-12)14(16)17-13-8-2-1-3-9-13/h11-13,15H,1-10H2. The second-order valence-electron chi connectivity index (χ2n) is 5.57. The maximum Gasteiger partial charge on any atom is 0.309 e. The van der Waals surface area contributed by atoms with Gasteiger partial charge in [0, 0.05) is 0 Å². The van der Waals surface area contributed by atoms with E-state index < -0.39 is 0 Å². The monoisotopic (exact) mass is 240 g/mol. The van der Waals surface area contributed by atoms with Crippen LogP contribution >= 0.6 is 0 Å². The van der Waals surface area contributed by atoms with Crippen molar-refractivity contribution in [2.45, 2.75) is 76.4 Å². The summed E-state index contributed by atoms with van der Waals surface area (Å²) in [5, 5.41) is 9.71. The van der Waals surface area contributed by atoms with E-state index in [2.05, 4.69) is 0 Å². The van der Waals surface area contributed by atoms with Crippen LogP contribution in [0.4, 0.5) is 0 Å². The minimum absolute atomic E-state index is 0.0575. The molecule has 2 unspecified atom stereocenters. The molecule has 0 spiro atoms. The molecule has 0 bridgehead atoms. The van der Waals surface area contributed by atoms with Crippen molar-refractivity contribution in [2.75, 3.05) is 0 Å². The lowest BCUT2D eigenvalue weighted by Crippen LogP contribution is -2.27. The molecule has 1 N–H and O–H groups in total. The van der Waals surface area contributed by atoms with E-state index in [0.29, 0.717) is 6.42 Å². The molecule has 0 aliphatic heterocycles. The molecule has 0 aromatic carbocycles. The van der Waals surface area contributed by atoms with Crippen molar-refractivity contribution in [3.05, 3.63) is 0 Å². The molecular formula is C14H24O3. The first-order chi connectivity index (χ1) is 8.25. The number of ether oxygens (including phenoxy) is 1. The summed E-state index contributed by atoms with van der Waals surface area (Å²) in [6.07, 6.45) is 9.96. The smallest absolute Gasteiger partial charge is 0.309 e. The van der Waals surface area contributed by atoms with Crippen molar-refractivity contribution in [3.8, 4) is 0 Å². The third-order valence-corrected chi connectivity index (χ3v) is 4.06. The van der Waals surface area contributed by atoms with Crippen LogP contribution < -0.4 is 0 Å². The van der Waals surface area contributed by atoms with Crippen molar-refractivity contribution in [3.63, 3.8) is 0 Å². The van der Waals surface area contributed by atoms with E-state index in [1.54, 1.807) is 0 Å². The van der Waals surface area contributed by atoms with Crippen molar-refractivity contribution < 1.29 is 14.6 Å². The highest BCUT2D eigenvalue weighted by molar-refractivity contribution is 5.72. The van der Waals surface area contributed by atoms with Gasteiger partial charge in [0.2, 0.25) is 0 Å². The SMILES string of the molecule is O=C(OC1CCCCC1)C1CCCCC(O)C1. The van der Waals surface area contributed by atoms with Gasteiger partial charge in [-0.2, -0.15) is 0 Å². The second kappa shape index (κ2) is 6.39. The van der Waals surface area contributed by atoms with E-state index in [1.165, 1.54) is 19.3 Å². The average molecular weight is 240 g/mol. The Kier molecular flexibility index (Phi) is 4.84. The van der Waals surface area contributed by atoms with Crippen LogP contribution in [0, 0.1) is 5.92 Å². The summed E-state index contributed by atoms with van der Waals surface area (Å²) in [5.74, 6) is -0.118. The van der Waals surface area contributed by atoms with Crippen LogP contribution in [-0.2, 0) is 9.53 Å². The molecule has 2 aliphatic carbocycles. The number of aliphatic hydroxyl groups is 1. The van der Waals surface area contributed by atoms with Crippen LogP contribution in [0.3, 0.4) is 0 Å². The molecule has 3 nitrogen and oxygen atoms in total. The summed E-state index contributed by atoms with van der Waals surface area (Å²) < 4.78 is 5.58. The lowest BCUT2D eigenvalue weighted by atomic mass is 9.96. The Hall–Kier alpha value is -0.570. The van der Waals surface area contributed by atoms with E-state index in [1.807, 2.05) is 0 Å². The highest BCUT2D eigenvalue weighted by atomic mass is 16.5. The molecule has 2 fully saturated rings. The Morgan fingerprint density at radius 3 is 2.35 bits per heavy atom. The fourth-order valence-electron chi connectivity index (χ4n) is 2.99. The first kappa shape index (κ1) is 12.9. The minimum Gasteiger partial charge on any atom is -0.462 e. The third-order valence-electron chi connectivity index (χ3n) is 4.06. The van der Waals surface area contributed by atoms with E-state index >= 15 is 0 Å². The Bertz CT molecular complexity index is 246.